The Hall–Kier alpha value is -2.57. The summed E-state index contributed by atoms with van der Waals surface area (Å²) >= 11 is 5.94. The Bertz CT molecular complexity index is 920. The third kappa shape index (κ3) is 3.06. The van der Waals surface area contributed by atoms with Gasteiger partial charge in [0.1, 0.15) is 5.69 Å². The summed E-state index contributed by atoms with van der Waals surface area (Å²) in [4.78, 5) is 14.1. The molecule has 6 nitrogen and oxygen atoms in total. The number of rotatable bonds is 5. The molecule has 3 N–H and O–H groups in total. The monoisotopic (exact) mass is 344 g/mol. The molecule has 0 aliphatic carbocycles. The molecule has 0 unspecified atom stereocenters. The lowest BCUT2D eigenvalue weighted by atomic mass is 10.1. The Morgan fingerprint density at radius 3 is 2.79 bits per heavy atom. The molecule has 0 amide bonds. The fourth-order valence-electron chi connectivity index (χ4n) is 2.78. The number of hydrogen-bond acceptors (Lipinski definition) is 4. The number of nitrogens with one attached hydrogen (secondary N) is 3. The normalized spacial score (nSPS) is 11.0. The first kappa shape index (κ1) is 16.3. The molecule has 0 saturated carbocycles. The summed E-state index contributed by atoms with van der Waals surface area (Å²) in [7, 11) is 1.90. The van der Waals surface area contributed by atoms with Gasteiger partial charge in [-0.1, -0.05) is 17.7 Å². The van der Waals surface area contributed by atoms with Crippen molar-refractivity contribution in [3.63, 3.8) is 0 Å². The molecule has 0 spiro atoms. The molecule has 0 aliphatic rings. The molecule has 0 bridgehead atoms. The number of halogens is 1. The minimum Gasteiger partial charge on any atom is -0.361 e. The topological polar surface area (TPSA) is 83.0 Å². The minimum absolute atomic E-state index is 0.0394. The molecule has 0 fully saturated rings. The average Bonchev–Trinajstić information content (AvgIpc) is 2.92. The fraction of sp³-hybridized carbons (Fsp3) is 0.176. The van der Waals surface area contributed by atoms with E-state index in [1.54, 1.807) is 13.0 Å². The number of nitro groups is 1. The maximum Gasteiger partial charge on any atom is 0.294 e. The van der Waals surface area contributed by atoms with Crippen molar-refractivity contribution in [3.05, 3.63) is 62.8 Å². The summed E-state index contributed by atoms with van der Waals surface area (Å²) < 4.78 is 0. The molecule has 7 heteroatoms. The van der Waals surface area contributed by atoms with E-state index in [0.29, 0.717) is 10.7 Å². The highest BCUT2D eigenvalue weighted by Gasteiger charge is 2.18. The first-order valence-corrected chi connectivity index (χ1v) is 7.83. The second-order valence-electron chi connectivity index (χ2n) is 5.60. The van der Waals surface area contributed by atoms with Crippen molar-refractivity contribution in [1.82, 2.24) is 10.3 Å². The molecule has 0 saturated heterocycles. The first-order valence-electron chi connectivity index (χ1n) is 7.45. The van der Waals surface area contributed by atoms with Gasteiger partial charge in [-0.05, 0) is 43.3 Å². The van der Waals surface area contributed by atoms with Gasteiger partial charge in [-0.15, -0.1) is 0 Å². The van der Waals surface area contributed by atoms with Crippen molar-refractivity contribution in [2.24, 2.45) is 0 Å². The first-order chi connectivity index (χ1) is 11.5. The predicted octanol–water partition coefficient (Wildman–Crippen LogP) is 4.50. The SMILES string of the molecule is CNCc1c[nH]c2cc(Nc3c(C)cc(Cl)cc3[N+](=O)[O-])ccc12. The van der Waals surface area contributed by atoms with Crippen LogP contribution in [0.1, 0.15) is 11.1 Å². The van der Waals surface area contributed by atoms with Crippen LogP contribution in [0.3, 0.4) is 0 Å². The van der Waals surface area contributed by atoms with Gasteiger partial charge in [0.15, 0.2) is 0 Å². The molecule has 1 heterocycles. The molecule has 24 heavy (non-hydrogen) atoms. The molecule has 0 atom stereocenters. The highest BCUT2D eigenvalue weighted by atomic mass is 35.5. The van der Waals surface area contributed by atoms with E-state index in [1.807, 2.05) is 31.4 Å². The number of aryl methyl sites for hydroxylation is 1. The molecule has 1 aromatic heterocycles. The van der Waals surface area contributed by atoms with E-state index in [1.165, 1.54) is 11.6 Å². The number of nitro benzene ring substituents is 1. The van der Waals surface area contributed by atoms with Crippen LogP contribution in [0.4, 0.5) is 17.1 Å². The van der Waals surface area contributed by atoms with Crippen LogP contribution in [-0.2, 0) is 6.54 Å². The number of anilines is 2. The zero-order valence-electron chi connectivity index (χ0n) is 13.3. The number of H-pyrrole nitrogens is 1. The van der Waals surface area contributed by atoms with E-state index >= 15 is 0 Å². The highest BCUT2D eigenvalue weighted by molar-refractivity contribution is 6.31. The number of hydrogen-bond donors (Lipinski definition) is 3. The molecular weight excluding hydrogens is 328 g/mol. The smallest absolute Gasteiger partial charge is 0.294 e. The van der Waals surface area contributed by atoms with E-state index in [2.05, 4.69) is 15.6 Å². The molecule has 3 rings (SSSR count). The second-order valence-corrected chi connectivity index (χ2v) is 6.04. The van der Waals surface area contributed by atoms with E-state index in [9.17, 15) is 10.1 Å². The van der Waals surface area contributed by atoms with Crippen LogP contribution in [0.5, 0.6) is 0 Å². The molecule has 124 valence electrons. The zero-order chi connectivity index (χ0) is 17.3. The Kier molecular flexibility index (Phi) is 4.42. The van der Waals surface area contributed by atoms with Gasteiger partial charge in [-0.3, -0.25) is 10.1 Å². The molecule has 0 radical (unpaired) electrons. The minimum atomic E-state index is -0.431. The molecule has 2 aromatic carbocycles. The van der Waals surface area contributed by atoms with Gasteiger partial charge in [0, 0.05) is 40.4 Å². The molecular formula is C17H17ClN4O2. The van der Waals surface area contributed by atoms with Crippen LogP contribution in [0.15, 0.2) is 36.5 Å². The van der Waals surface area contributed by atoms with Crippen molar-refractivity contribution >= 4 is 39.6 Å². The van der Waals surface area contributed by atoms with Gasteiger partial charge in [-0.25, -0.2) is 0 Å². The molecule has 0 aliphatic heterocycles. The lowest BCUT2D eigenvalue weighted by Crippen LogP contribution is -2.04. The third-order valence-electron chi connectivity index (χ3n) is 3.88. The van der Waals surface area contributed by atoms with Gasteiger partial charge >= 0.3 is 0 Å². The van der Waals surface area contributed by atoms with Crippen LogP contribution in [-0.4, -0.2) is 17.0 Å². The number of aromatic amines is 1. The Morgan fingerprint density at radius 2 is 2.08 bits per heavy atom. The van der Waals surface area contributed by atoms with Gasteiger partial charge < -0.3 is 15.6 Å². The largest absolute Gasteiger partial charge is 0.361 e. The average molecular weight is 345 g/mol. The Morgan fingerprint density at radius 1 is 1.29 bits per heavy atom. The second kappa shape index (κ2) is 6.51. The van der Waals surface area contributed by atoms with Gasteiger partial charge in [0.25, 0.3) is 5.69 Å². The van der Waals surface area contributed by atoms with E-state index in [-0.39, 0.29) is 5.69 Å². The van der Waals surface area contributed by atoms with Gasteiger partial charge in [0.2, 0.25) is 0 Å². The van der Waals surface area contributed by atoms with Crippen molar-refractivity contribution in [3.8, 4) is 0 Å². The van der Waals surface area contributed by atoms with Gasteiger partial charge in [-0.2, -0.15) is 0 Å². The lowest BCUT2D eigenvalue weighted by molar-refractivity contribution is -0.383. The summed E-state index contributed by atoms with van der Waals surface area (Å²) in [5.41, 5.74) is 4.05. The van der Waals surface area contributed by atoms with Gasteiger partial charge in [0.05, 0.1) is 4.92 Å². The summed E-state index contributed by atoms with van der Waals surface area (Å²) in [6.45, 7) is 2.56. The van der Waals surface area contributed by atoms with Crippen molar-refractivity contribution < 1.29 is 4.92 Å². The van der Waals surface area contributed by atoms with E-state index in [0.717, 1.165) is 28.7 Å². The zero-order valence-corrected chi connectivity index (χ0v) is 14.1. The van der Waals surface area contributed by atoms with Crippen LogP contribution >= 0.6 is 11.6 Å². The fourth-order valence-corrected chi connectivity index (χ4v) is 3.04. The van der Waals surface area contributed by atoms with Crippen LogP contribution in [0.25, 0.3) is 10.9 Å². The summed E-state index contributed by atoms with van der Waals surface area (Å²) in [5, 5.41) is 19.0. The van der Waals surface area contributed by atoms with E-state index < -0.39 is 4.92 Å². The summed E-state index contributed by atoms with van der Waals surface area (Å²) in [5.74, 6) is 0. The predicted molar refractivity (Wildman–Crippen MR) is 97.2 cm³/mol. The van der Waals surface area contributed by atoms with Crippen molar-refractivity contribution in [2.45, 2.75) is 13.5 Å². The number of nitrogens with zero attached hydrogens (tertiary/aromatic N) is 1. The number of fused-ring (bicyclic) bond motifs is 1. The molecule has 3 aromatic rings. The summed E-state index contributed by atoms with van der Waals surface area (Å²) in [6.07, 6.45) is 1.96. The van der Waals surface area contributed by atoms with Crippen molar-refractivity contribution in [2.75, 3.05) is 12.4 Å². The third-order valence-corrected chi connectivity index (χ3v) is 4.10. The Balaban J connectivity index is 2.00. The van der Waals surface area contributed by atoms with E-state index in [4.69, 9.17) is 11.6 Å². The maximum absolute atomic E-state index is 11.3. The van der Waals surface area contributed by atoms with Crippen LogP contribution in [0, 0.1) is 17.0 Å². The lowest BCUT2D eigenvalue weighted by Gasteiger charge is -2.11. The number of aromatic nitrogens is 1. The maximum atomic E-state index is 11.3. The quantitative estimate of drug-likeness (QED) is 0.470. The highest BCUT2D eigenvalue weighted by Crippen LogP contribution is 2.34. The van der Waals surface area contributed by atoms with Crippen molar-refractivity contribution in [1.29, 1.82) is 0 Å². The number of benzene rings is 2. The Labute approximate surface area is 144 Å². The van der Waals surface area contributed by atoms with Crippen LogP contribution < -0.4 is 10.6 Å². The van der Waals surface area contributed by atoms with Crippen LogP contribution in [0.2, 0.25) is 5.02 Å². The standard InChI is InChI=1S/C17H17ClN4O2/c1-10-5-12(18)6-16(22(23)24)17(10)21-13-3-4-14-11(8-19-2)9-20-15(14)7-13/h3-7,9,19-21H,8H2,1-2H3. The summed E-state index contributed by atoms with van der Waals surface area (Å²) in [6, 6.07) is 8.90.